The number of hydrogen-bond acceptors (Lipinski definition) is 5. The van der Waals surface area contributed by atoms with Crippen LogP contribution in [0.25, 0.3) is 0 Å². The van der Waals surface area contributed by atoms with E-state index in [-0.39, 0.29) is 11.7 Å². The molecule has 2 N–H and O–H groups in total. The summed E-state index contributed by atoms with van der Waals surface area (Å²) in [4.78, 5) is 14.6. The molecule has 0 bridgehead atoms. The molecule has 0 saturated heterocycles. The van der Waals surface area contributed by atoms with Crippen LogP contribution in [0.15, 0.2) is 5.16 Å². The number of aromatic nitrogens is 3. The quantitative estimate of drug-likeness (QED) is 0.695. The van der Waals surface area contributed by atoms with Gasteiger partial charge in [0, 0.05) is 0 Å². The average molecular weight is 198 g/mol. The number of hydrogen-bond donors (Lipinski definition) is 1. The minimum absolute atomic E-state index is 0.185. The van der Waals surface area contributed by atoms with E-state index >= 15 is 0 Å². The lowest BCUT2D eigenvalue weighted by molar-refractivity contribution is -0.115. The summed E-state index contributed by atoms with van der Waals surface area (Å²) in [6.07, 6.45) is 0. The zero-order chi connectivity index (χ0) is 9.84. The molecule has 0 saturated carbocycles. The third-order valence-corrected chi connectivity index (χ3v) is 2.28. The van der Waals surface area contributed by atoms with E-state index in [4.69, 9.17) is 5.73 Å². The fourth-order valence-electron chi connectivity index (χ4n) is 0.634. The highest BCUT2D eigenvalue weighted by molar-refractivity contribution is 7.99. The molecule has 70 valence electrons. The summed E-state index contributed by atoms with van der Waals surface area (Å²) >= 11 is 1.19. The Bertz CT molecular complexity index is 328. The van der Waals surface area contributed by atoms with Gasteiger partial charge in [0.1, 0.15) is 0 Å². The van der Waals surface area contributed by atoms with Gasteiger partial charge >= 0.3 is 0 Å². The van der Waals surface area contributed by atoms with Crippen molar-refractivity contribution in [1.29, 1.82) is 0 Å². The van der Waals surface area contributed by atoms with Gasteiger partial charge in [-0.05, 0) is 13.8 Å². The number of rotatable bonds is 3. The van der Waals surface area contributed by atoms with Gasteiger partial charge in [-0.3, -0.25) is 4.79 Å². The molecule has 1 aromatic heterocycles. The minimum atomic E-state index is -0.383. The highest BCUT2D eigenvalue weighted by atomic mass is 32.2. The summed E-state index contributed by atoms with van der Waals surface area (Å²) in [5.41, 5.74) is 6.59. The van der Waals surface area contributed by atoms with Crippen LogP contribution in [-0.4, -0.2) is 26.8 Å². The van der Waals surface area contributed by atoms with Crippen molar-refractivity contribution in [2.75, 3.05) is 5.75 Å². The fraction of sp³-hybridized carbons (Fsp3) is 0.429. The van der Waals surface area contributed by atoms with Crippen LogP contribution in [0, 0.1) is 13.8 Å². The summed E-state index contributed by atoms with van der Waals surface area (Å²) in [5, 5.41) is 8.16. The van der Waals surface area contributed by atoms with Gasteiger partial charge in [-0.15, -0.1) is 5.10 Å². The molecule has 0 atom stereocenters. The molecule has 0 aliphatic heterocycles. The molecular weight excluding hydrogens is 188 g/mol. The van der Waals surface area contributed by atoms with E-state index in [1.165, 1.54) is 11.8 Å². The minimum Gasteiger partial charge on any atom is -0.369 e. The van der Waals surface area contributed by atoms with Crippen LogP contribution in [0.1, 0.15) is 11.4 Å². The first-order valence-corrected chi connectivity index (χ1v) is 4.67. The lowest BCUT2D eigenvalue weighted by Crippen LogP contribution is -2.13. The number of thioether (sulfide) groups is 1. The van der Waals surface area contributed by atoms with Gasteiger partial charge in [0.25, 0.3) is 0 Å². The monoisotopic (exact) mass is 198 g/mol. The Hall–Kier alpha value is -1.17. The predicted octanol–water partition coefficient (Wildman–Crippen LogP) is 0.0658. The lowest BCUT2D eigenvalue weighted by Gasteiger charge is -1.99. The molecule has 0 aromatic carbocycles. The molecule has 0 spiro atoms. The first kappa shape index (κ1) is 9.91. The van der Waals surface area contributed by atoms with Crippen molar-refractivity contribution < 1.29 is 4.79 Å². The molecule has 6 heteroatoms. The average Bonchev–Trinajstić information content (AvgIpc) is 2.07. The Morgan fingerprint density at radius 2 is 2.08 bits per heavy atom. The van der Waals surface area contributed by atoms with E-state index in [9.17, 15) is 4.79 Å². The Kier molecular flexibility index (Phi) is 3.18. The van der Waals surface area contributed by atoms with Crippen molar-refractivity contribution in [1.82, 2.24) is 15.2 Å². The second-order valence-electron chi connectivity index (χ2n) is 2.52. The largest absolute Gasteiger partial charge is 0.369 e. The van der Waals surface area contributed by atoms with Crippen LogP contribution in [0.3, 0.4) is 0 Å². The molecule has 5 nitrogen and oxygen atoms in total. The van der Waals surface area contributed by atoms with E-state index in [0.29, 0.717) is 5.16 Å². The molecule has 0 aliphatic rings. The maximum Gasteiger partial charge on any atom is 0.227 e. The highest BCUT2D eigenvalue weighted by Gasteiger charge is 2.03. The van der Waals surface area contributed by atoms with Gasteiger partial charge in [0.2, 0.25) is 11.1 Å². The van der Waals surface area contributed by atoms with Gasteiger partial charge in [-0.1, -0.05) is 11.8 Å². The zero-order valence-corrected chi connectivity index (χ0v) is 8.26. The topological polar surface area (TPSA) is 81.8 Å². The second-order valence-corrected chi connectivity index (χ2v) is 3.46. The second kappa shape index (κ2) is 4.18. The Labute approximate surface area is 80.1 Å². The number of amides is 1. The summed E-state index contributed by atoms with van der Waals surface area (Å²) in [6.45, 7) is 3.68. The molecular formula is C7H10N4OS. The number of carbonyl (C=O) groups is 1. The summed E-state index contributed by atoms with van der Waals surface area (Å²) in [6, 6.07) is 0. The maximum atomic E-state index is 10.4. The molecule has 13 heavy (non-hydrogen) atoms. The van der Waals surface area contributed by atoms with E-state index in [1.807, 2.05) is 13.8 Å². The number of nitrogens with two attached hydrogens (primary N) is 1. The first-order chi connectivity index (χ1) is 6.09. The van der Waals surface area contributed by atoms with E-state index < -0.39 is 0 Å². The normalized spacial score (nSPS) is 10.0. The molecule has 1 heterocycles. The Morgan fingerprint density at radius 3 is 2.62 bits per heavy atom. The summed E-state index contributed by atoms with van der Waals surface area (Å²) in [7, 11) is 0. The molecule has 0 unspecified atom stereocenters. The van der Waals surface area contributed by atoms with Crippen molar-refractivity contribution in [3.05, 3.63) is 11.4 Å². The van der Waals surface area contributed by atoms with Crippen molar-refractivity contribution in [2.24, 2.45) is 5.73 Å². The van der Waals surface area contributed by atoms with E-state index in [0.717, 1.165) is 11.4 Å². The number of carbonyl (C=O) groups excluding carboxylic acids is 1. The van der Waals surface area contributed by atoms with Crippen molar-refractivity contribution in [3.63, 3.8) is 0 Å². The van der Waals surface area contributed by atoms with Gasteiger partial charge < -0.3 is 5.73 Å². The Balaban J connectivity index is 2.68. The molecule has 0 radical (unpaired) electrons. The molecule has 1 rings (SSSR count). The van der Waals surface area contributed by atoms with Crippen LogP contribution < -0.4 is 5.73 Å². The fourth-order valence-corrected chi connectivity index (χ4v) is 1.21. The summed E-state index contributed by atoms with van der Waals surface area (Å²) in [5.74, 6) is -0.198. The number of aryl methyl sites for hydroxylation is 2. The molecule has 0 fully saturated rings. The van der Waals surface area contributed by atoms with Crippen LogP contribution >= 0.6 is 11.8 Å². The first-order valence-electron chi connectivity index (χ1n) is 3.68. The van der Waals surface area contributed by atoms with Crippen molar-refractivity contribution >= 4 is 17.7 Å². The van der Waals surface area contributed by atoms with Gasteiger partial charge in [0.05, 0.1) is 17.1 Å². The SMILES string of the molecule is Cc1nnc(SCC(N)=O)nc1C. The zero-order valence-electron chi connectivity index (χ0n) is 7.44. The smallest absolute Gasteiger partial charge is 0.227 e. The third-order valence-electron chi connectivity index (χ3n) is 1.42. The molecule has 0 aliphatic carbocycles. The lowest BCUT2D eigenvalue weighted by atomic mass is 10.4. The number of nitrogens with zero attached hydrogens (tertiary/aromatic N) is 3. The standard InChI is InChI=1S/C7H10N4OS/c1-4-5(2)10-11-7(9-4)13-3-6(8)12/h3H2,1-2H3,(H2,8,12). The van der Waals surface area contributed by atoms with Gasteiger partial charge in [-0.25, -0.2) is 4.98 Å². The maximum absolute atomic E-state index is 10.4. The van der Waals surface area contributed by atoms with Crippen molar-refractivity contribution in [2.45, 2.75) is 19.0 Å². The third kappa shape index (κ3) is 2.98. The predicted molar refractivity (Wildman–Crippen MR) is 49.2 cm³/mol. The van der Waals surface area contributed by atoms with Gasteiger partial charge in [-0.2, -0.15) is 5.10 Å². The van der Waals surface area contributed by atoms with Crippen LogP contribution in [0.2, 0.25) is 0 Å². The highest BCUT2D eigenvalue weighted by Crippen LogP contribution is 2.11. The summed E-state index contributed by atoms with van der Waals surface area (Å²) < 4.78 is 0. The molecule has 1 amide bonds. The van der Waals surface area contributed by atoms with Gasteiger partial charge in [0.15, 0.2) is 0 Å². The van der Waals surface area contributed by atoms with E-state index in [2.05, 4.69) is 15.2 Å². The molecule has 1 aromatic rings. The van der Waals surface area contributed by atoms with Crippen LogP contribution in [0.5, 0.6) is 0 Å². The van der Waals surface area contributed by atoms with Crippen molar-refractivity contribution in [3.8, 4) is 0 Å². The Morgan fingerprint density at radius 1 is 1.38 bits per heavy atom. The van der Waals surface area contributed by atoms with Crippen LogP contribution in [-0.2, 0) is 4.79 Å². The number of primary amides is 1. The van der Waals surface area contributed by atoms with E-state index in [1.54, 1.807) is 0 Å². The van der Waals surface area contributed by atoms with Crippen LogP contribution in [0.4, 0.5) is 0 Å².